The Bertz CT molecular complexity index is 2130. The lowest BCUT2D eigenvalue weighted by Gasteiger charge is -2.29. The van der Waals surface area contributed by atoms with Crippen LogP contribution in [0.3, 0.4) is 0 Å². The Kier molecular flexibility index (Phi) is 29.8. The van der Waals surface area contributed by atoms with Crippen LogP contribution in [0.15, 0.2) is 29.3 Å². The molecule has 0 saturated carbocycles. The topological polar surface area (TPSA) is 418 Å². The number of nitrogens with one attached hydrogen (secondary N) is 8. The van der Waals surface area contributed by atoms with Crippen LogP contribution in [-0.4, -0.2) is 153 Å². The molecule has 0 aliphatic heterocycles. The monoisotopic (exact) mass is 1100 g/mol. The number of carbonyl (C=O) groups excluding carboxylic acids is 8. The molecule has 8 amide bonds. The second kappa shape index (κ2) is 33.5. The number of nitrogens with two attached hydrogens (primary N) is 3. The Balaban J connectivity index is 3.35. The van der Waals surface area contributed by atoms with Crippen LogP contribution in [0, 0.1) is 23.7 Å². The molecule has 25 nitrogen and oxygen atoms in total. The number of hydrogen-bond donors (Lipinski definition) is 16. The van der Waals surface area contributed by atoms with Crippen LogP contribution in [0.25, 0.3) is 0 Å². The molecule has 0 aliphatic rings. The van der Waals surface area contributed by atoms with Gasteiger partial charge in [-0.2, -0.15) is 25.3 Å². The van der Waals surface area contributed by atoms with Gasteiger partial charge in [-0.15, -0.1) is 0 Å². The zero-order chi connectivity index (χ0) is 57.3. The predicted molar refractivity (Wildman–Crippen MR) is 286 cm³/mol. The minimum atomic E-state index is -1.57. The number of aliphatic imine (C=N–C) groups is 1. The van der Waals surface area contributed by atoms with Gasteiger partial charge in [0.1, 0.15) is 54.1 Å². The first-order chi connectivity index (χ1) is 35.0. The number of thiol groups is 2. The van der Waals surface area contributed by atoms with Crippen LogP contribution in [-0.2, 0) is 54.4 Å². The van der Waals surface area contributed by atoms with Gasteiger partial charge in [-0.3, -0.25) is 48.1 Å². The second-order valence-corrected chi connectivity index (χ2v) is 20.4. The molecule has 1 aromatic rings. The number of aromatic hydroxyl groups is 1. The van der Waals surface area contributed by atoms with Crippen molar-refractivity contribution in [2.24, 2.45) is 45.9 Å². The lowest BCUT2D eigenvalue weighted by atomic mass is 9.98. The highest BCUT2D eigenvalue weighted by Gasteiger charge is 2.36. The van der Waals surface area contributed by atoms with E-state index in [9.17, 15) is 58.2 Å². The molecule has 17 N–H and O–H groups in total. The van der Waals surface area contributed by atoms with Crippen molar-refractivity contribution in [2.75, 3.05) is 18.1 Å². The molecule has 0 heterocycles. The maximum absolute atomic E-state index is 14.2. The summed E-state index contributed by atoms with van der Waals surface area (Å²) in [5, 5.41) is 49.1. The number of carbonyl (C=O) groups is 10. The maximum Gasteiger partial charge on any atom is 0.326 e. The number of hydrogen-bond acceptors (Lipinski definition) is 15. The van der Waals surface area contributed by atoms with Gasteiger partial charge in [0, 0.05) is 30.9 Å². The molecule has 422 valence electrons. The van der Waals surface area contributed by atoms with Gasteiger partial charge in [0.05, 0.1) is 6.04 Å². The first kappa shape index (κ1) is 66.7. The molecule has 0 aliphatic carbocycles. The van der Waals surface area contributed by atoms with E-state index in [1.807, 2.05) is 0 Å². The van der Waals surface area contributed by atoms with Gasteiger partial charge in [-0.05, 0) is 73.5 Å². The highest BCUT2D eigenvalue weighted by Crippen LogP contribution is 2.15. The zero-order valence-corrected chi connectivity index (χ0v) is 45.7. The number of carboxylic acid groups (broad SMARTS) is 2. The first-order valence-electron chi connectivity index (χ1n) is 24.7. The summed E-state index contributed by atoms with van der Waals surface area (Å²) >= 11 is 8.53. The maximum atomic E-state index is 14.2. The van der Waals surface area contributed by atoms with E-state index in [0.717, 1.165) is 0 Å². The zero-order valence-electron chi connectivity index (χ0n) is 43.9. The van der Waals surface area contributed by atoms with Crippen molar-refractivity contribution >= 4 is 90.4 Å². The summed E-state index contributed by atoms with van der Waals surface area (Å²) in [6.45, 7) is 13.9. The molecule has 27 heteroatoms. The number of nitrogens with zero attached hydrogens (tertiary/aromatic N) is 1. The van der Waals surface area contributed by atoms with E-state index in [2.05, 4.69) is 72.8 Å². The number of benzene rings is 1. The Morgan fingerprint density at radius 1 is 0.533 bits per heavy atom. The Hall–Kier alpha value is -6.35. The summed E-state index contributed by atoms with van der Waals surface area (Å²) in [5.74, 6) is -11.4. The SMILES string of the molecule is CC(C)C[C@H](NC(=O)[C@@H](NC(=O)[C@H](Cc1ccc(O)cc1)NC(=O)[C@H](CS)NC(=O)[C@H](CS)NC(=O)[C@H](CC(C)C)NC(=O)[C@@H](NC(=O)[C@@H](N)CCCN=C(N)N)C(C)C)C(C)C)C(=O)N[C@@H](CCC(=O)O)C(=O)O. The van der Waals surface area contributed by atoms with Gasteiger partial charge in [-0.25, -0.2) is 4.79 Å². The minimum absolute atomic E-state index is 0.0338. The second-order valence-electron chi connectivity index (χ2n) is 19.6. The summed E-state index contributed by atoms with van der Waals surface area (Å²) in [6, 6.07) is -6.05. The van der Waals surface area contributed by atoms with E-state index in [-0.39, 0.29) is 67.3 Å². The number of rotatable bonds is 34. The van der Waals surface area contributed by atoms with Crippen molar-refractivity contribution in [3.63, 3.8) is 0 Å². The molecule has 9 atom stereocenters. The van der Waals surface area contributed by atoms with E-state index in [1.54, 1.807) is 55.4 Å². The molecule has 0 unspecified atom stereocenters. The van der Waals surface area contributed by atoms with E-state index in [1.165, 1.54) is 24.3 Å². The highest BCUT2D eigenvalue weighted by molar-refractivity contribution is 7.80. The average Bonchev–Trinajstić information content (AvgIpc) is 3.31. The summed E-state index contributed by atoms with van der Waals surface area (Å²) < 4.78 is 0. The van der Waals surface area contributed by atoms with E-state index in [4.69, 9.17) is 22.3 Å². The number of phenols is 1. The molecule has 0 spiro atoms. The molecule has 0 bridgehead atoms. The normalized spacial score (nSPS) is 14.9. The summed E-state index contributed by atoms with van der Waals surface area (Å²) in [6.07, 6.45) is -0.405. The van der Waals surface area contributed by atoms with Crippen molar-refractivity contribution in [3.05, 3.63) is 29.8 Å². The molecule has 0 radical (unpaired) electrons. The lowest BCUT2D eigenvalue weighted by Crippen LogP contribution is -2.62. The standard InChI is InChI=1S/C48H80N12O13S2/c1-23(2)18-31(40(65)53-30(47(72)73)15-16-36(62)63)55-46(71)38(26(7)8)60-42(67)33(20-27-11-13-28(61)14-12-27)54-43(68)34(21-74)58-44(69)35(22-75)57-41(66)32(19-24(3)4)56-45(70)37(25(5)6)59-39(64)29(49)10-9-17-52-48(50)51/h11-14,23-26,29-35,37-38,61,74-75H,9-10,15-22,49H2,1-8H3,(H,53,65)(H,54,68)(H,55,71)(H,56,70)(H,57,66)(H,58,69)(H,59,64)(H,60,67)(H,62,63)(H,72,73)(H4,50,51,52)/t29-,30-,31-,32-,33-,34-,35-,37-,38-/m0/s1. The van der Waals surface area contributed by atoms with Crippen LogP contribution in [0.4, 0.5) is 0 Å². The Labute approximate surface area is 448 Å². The number of guanidine groups is 1. The van der Waals surface area contributed by atoms with Crippen LogP contribution in [0.5, 0.6) is 5.75 Å². The number of aliphatic carboxylic acids is 2. The molecular weight excluding hydrogens is 1020 g/mol. The summed E-state index contributed by atoms with van der Waals surface area (Å²) in [4.78, 5) is 136. The van der Waals surface area contributed by atoms with Crippen molar-refractivity contribution < 1.29 is 63.3 Å². The summed E-state index contributed by atoms with van der Waals surface area (Å²) in [5.41, 5.74) is 17.2. The third-order valence-corrected chi connectivity index (χ3v) is 12.1. The fourth-order valence-corrected chi connectivity index (χ4v) is 7.76. The van der Waals surface area contributed by atoms with Gasteiger partial charge in [0.25, 0.3) is 0 Å². The van der Waals surface area contributed by atoms with Crippen LogP contribution < -0.4 is 59.7 Å². The minimum Gasteiger partial charge on any atom is -0.508 e. The third-order valence-electron chi connectivity index (χ3n) is 11.4. The van der Waals surface area contributed by atoms with Gasteiger partial charge >= 0.3 is 11.9 Å². The van der Waals surface area contributed by atoms with Crippen LogP contribution in [0.2, 0.25) is 0 Å². The Morgan fingerprint density at radius 2 is 0.920 bits per heavy atom. The molecule has 1 rings (SSSR count). The third kappa shape index (κ3) is 25.2. The van der Waals surface area contributed by atoms with E-state index >= 15 is 0 Å². The smallest absolute Gasteiger partial charge is 0.326 e. The van der Waals surface area contributed by atoms with Crippen molar-refractivity contribution in [2.45, 2.75) is 155 Å². The van der Waals surface area contributed by atoms with E-state index < -0.39 is 138 Å². The van der Waals surface area contributed by atoms with Crippen molar-refractivity contribution in [1.82, 2.24) is 42.5 Å². The quantitative estimate of drug-likeness (QED) is 0.0160. The lowest BCUT2D eigenvalue weighted by molar-refractivity contribution is -0.143. The summed E-state index contributed by atoms with van der Waals surface area (Å²) in [7, 11) is 0. The fraction of sp³-hybridized carbons (Fsp3) is 0.646. The highest BCUT2D eigenvalue weighted by atomic mass is 32.1. The number of phenolic OH excluding ortho intramolecular Hbond substituents is 1. The van der Waals surface area contributed by atoms with Gasteiger partial charge < -0.3 is 75.1 Å². The predicted octanol–water partition coefficient (Wildman–Crippen LogP) is -1.59. The van der Waals surface area contributed by atoms with Gasteiger partial charge in [0.15, 0.2) is 5.96 Å². The van der Waals surface area contributed by atoms with Crippen molar-refractivity contribution in [1.29, 1.82) is 0 Å². The Morgan fingerprint density at radius 3 is 1.31 bits per heavy atom. The number of carboxylic acids is 2. The molecule has 0 aromatic heterocycles. The molecular formula is C48H80N12O13S2. The fourth-order valence-electron chi connectivity index (χ4n) is 7.24. The van der Waals surface area contributed by atoms with Crippen molar-refractivity contribution in [3.8, 4) is 5.75 Å². The van der Waals surface area contributed by atoms with Gasteiger partial charge in [0.2, 0.25) is 47.3 Å². The van der Waals surface area contributed by atoms with E-state index in [0.29, 0.717) is 12.0 Å². The van der Waals surface area contributed by atoms with Gasteiger partial charge in [-0.1, -0.05) is 67.5 Å². The molecule has 0 fully saturated rings. The molecule has 0 saturated heterocycles. The molecule has 1 aromatic carbocycles. The van der Waals surface area contributed by atoms with Crippen LogP contribution >= 0.6 is 25.3 Å². The molecule has 75 heavy (non-hydrogen) atoms. The number of amides is 8. The van der Waals surface area contributed by atoms with Crippen LogP contribution in [0.1, 0.15) is 99.5 Å². The largest absolute Gasteiger partial charge is 0.508 e. The first-order valence-corrected chi connectivity index (χ1v) is 26.0. The average molecular weight is 1100 g/mol.